The maximum atomic E-state index is 12.5. The largest absolute Gasteiger partial charge is 0.495 e. The second-order valence-electron chi connectivity index (χ2n) is 5.89. The zero-order valence-corrected chi connectivity index (χ0v) is 15.8. The number of anilines is 2. The van der Waals surface area contributed by atoms with Gasteiger partial charge in [0.15, 0.2) is 0 Å². The monoisotopic (exact) mass is 367 g/mol. The number of aromatic nitrogens is 1. The van der Waals surface area contributed by atoms with E-state index in [4.69, 9.17) is 4.74 Å². The summed E-state index contributed by atoms with van der Waals surface area (Å²) in [5, 5.41) is 9.20. The molecule has 0 bridgehead atoms. The zero-order valence-electron chi connectivity index (χ0n) is 14.9. The summed E-state index contributed by atoms with van der Waals surface area (Å²) in [4.78, 5) is 17.0. The predicted octanol–water partition coefficient (Wildman–Crippen LogP) is 4.57. The molecule has 1 aromatic heterocycles. The van der Waals surface area contributed by atoms with Crippen LogP contribution in [0.15, 0.2) is 53.9 Å². The van der Waals surface area contributed by atoms with Gasteiger partial charge in [-0.25, -0.2) is 4.98 Å². The summed E-state index contributed by atoms with van der Waals surface area (Å²) in [6.45, 7) is 3.81. The first-order valence-electron chi connectivity index (χ1n) is 8.30. The van der Waals surface area contributed by atoms with Crippen LogP contribution in [0.3, 0.4) is 0 Å². The van der Waals surface area contributed by atoms with Gasteiger partial charge in [0.1, 0.15) is 11.8 Å². The van der Waals surface area contributed by atoms with Gasteiger partial charge in [-0.3, -0.25) is 4.79 Å². The van der Waals surface area contributed by atoms with Crippen LogP contribution in [0.1, 0.15) is 11.9 Å². The minimum atomic E-state index is -0.410. The lowest BCUT2D eigenvalue weighted by atomic mass is 10.1. The van der Waals surface area contributed by atoms with Crippen molar-refractivity contribution in [3.8, 4) is 17.0 Å². The second-order valence-corrected chi connectivity index (χ2v) is 6.95. The number of thiazole rings is 1. The fraction of sp³-hybridized carbons (Fsp3) is 0.200. The summed E-state index contributed by atoms with van der Waals surface area (Å²) >= 11 is 1.62. The van der Waals surface area contributed by atoms with E-state index in [0.29, 0.717) is 11.4 Å². The van der Waals surface area contributed by atoms with Crippen LogP contribution in [0.2, 0.25) is 0 Å². The number of carbonyl (C=O) groups is 1. The van der Waals surface area contributed by atoms with Crippen LogP contribution in [-0.4, -0.2) is 24.0 Å². The molecule has 3 aromatic rings. The first-order chi connectivity index (χ1) is 12.6. The number of para-hydroxylation sites is 2. The van der Waals surface area contributed by atoms with Crippen LogP contribution in [-0.2, 0) is 4.79 Å². The third-order valence-electron chi connectivity index (χ3n) is 3.92. The standard InChI is InChI=1S/C20H21N3O2S/c1-13(20(24)23-17-9-4-5-10-19(17)25-3)21-16-8-6-7-15(11-16)18-12-26-14(2)22-18/h4-13,21H,1-3H3,(H,23,24)/t13-/m1/s1. The molecule has 2 N–H and O–H groups in total. The van der Waals surface area contributed by atoms with Gasteiger partial charge in [0.2, 0.25) is 5.91 Å². The lowest BCUT2D eigenvalue weighted by Crippen LogP contribution is -2.32. The first-order valence-corrected chi connectivity index (χ1v) is 9.18. The molecule has 6 heteroatoms. The Morgan fingerprint density at radius 1 is 1.19 bits per heavy atom. The van der Waals surface area contributed by atoms with E-state index in [9.17, 15) is 4.79 Å². The van der Waals surface area contributed by atoms with E-state index in [-0.39, 0.29) is 5.91 Å². The van der Waals surface area contributed by atoms with Crippen molar-refractivity contribution in [1.29, 1.82) is 0 Å². The molecule has 0 radical (unpaired) electrons. The summed E-state index contributed by atoms with van der Waals surface area (Å²) in [7, 11) is 1.58. The molecule has 0 spiro atoms. The van der Waals surface area contributed by atoms with E-state index >= 15 is 0 Å². The molecule has 1 atom stereocenters. The molecule has 0 aliphatic rings. The number of hydrogen-bond donors (Lipinski definition) is 2. The van der Waals surface area contributed by atoms with Gasteiger partial charge in [-0.15, -0.1) is 11.3 Å². The van der Waals surface area contributed by atoms with E-state index in [1.807, 2.05) is 67.8 Å². The van der Waals surface area contributed by atoms with Gasteiger partial charge in [0, 0.05) is 16.6 Å². The topological polar surface area (TPSA) is 63.2 Å². The molecule has 0 fully saturated rings. The SMILES string of the molecule is COc1ccccc1NC(=O)[C@@H](C)Nc1cccc(-c2csc(C)n2)c1. The van der Waals surface area contributed by atoms with Crippen molar-refractivity contribution in [2.75, 3.05) is 17.7 Å². The first kappa shape index (κ1) is 17.9. The molecule has 0 unspecified atom stereocenters. The Morgan fingerprint density at radius 2 is 2.00 bits per heavy atom. The molecule has 1 amide bonds. The minimum Gasteiger partial charge on any atom is -0.495 e. The molecule has 3 rings (SSSR count). The van der Waals surface area contributed by atoms with Crippen molar-refractivity contribution in [1.82, 2.24) is 4.98 Å². The lowest BCUT2D eigenvalue weighted by molar-refractivity contribution is -0.116. The number of rotatable bonds is 6. The van der Waals surface area contributed by atoms with Crippen LogP contribution in [0, 0.1) is 6.92 Å². The number of hydrogen-bond acceptors (Lipinski definition) is 5. The number of amides is 1. The van der Waals surface area contributed by atoms with Crippen molar-refractivity contribution in [2.45, 2.75) is 19.9 Å². The van der Waals surface area contributed by atoms with Crippen molar-refractivity contribution in [3.05, 3.63) is 58.9 Å². The Balaban J connectivity index is 1.69. The Bertz CT molecular complexity index is 907. The third-order valence-corrected chi connectivity index (χ3v) is 4.69. The van der Waals surface area contributed by atoms with E-state index < -0.39 is 6.04 Å². The number of benzene rings is 2. The quantitative estimate of drug-likeness (QED) is 0.670. The summed E-state index contributed by atoms with van der Waals surface area (Å²) < 4.78 is 5.27. The Morgan fingerprint density at radius 3 is 2.73 bits per heavy atom. The maximum Gasteiger partial charge on any atom is 0.246 e. The number of nitrogens with zero attached hydrogens (tertiary/aromatic N) is 1. The van der Waals surface area contributed by atoms with E-state index in [1.165, 1.54) is 0 Å². The highest BCUT2D eigenvalue weighted by Crippen LogP contribution is 2.25. The number of carbonyl (C=O) groups excluding carboxylic acids is 1. The van der Waals surface area contributed by atoms with Crippen LogP contribution < -0.4 is 15.4 Å². The lowest BCUT2D eigenvalue weighted by Gasteiger charge is -2.17. The second kappa shape index (κ2) is 8.01. The average molecular weight is 367 g/mol. The van der Waals surface area contributed by atoms with Gasteiger partial charge in [-0.1, -0.05) is 24.3 Å². The normalized spacial score (nSPS) is 11.7. The van der Waals surface area contributed by atoms with Gasteiger partial charge in [-0.05, 0) is 38.1 Å². The van der Waals surface area contributed by atoms with Crippen LogP contribution in [0.25, 0.3) is 11.3 Å². The zero-order chi connectivity index (χ0) is 18.5. The van der Waals surface area contributed by atoms with Crippen molar-refractivity contribution in [2.24, 2.45) is 0 Å². The summed E-state index contributed by atoms with van der Waals surface area (Å²) in [6.07, 6.45) is 0. The highest BCUT2D eigenvalue weighted by molar-refractivity contribution is 7.09. The van der Waals surface area contributed by atoms with Crippen molar-refractivity contribution >= 4 is 28.6 Å². The van der Waals surface area contributed by atoms with Gasteiger partial charge >= 0.3 is 0 Å². The Labute approximate surface area is 157 Å². The minimum absolute atomic E-state index is 0.135. The summed E-state index contributed by atoms with van der Waals surface area (Å²) in [5.74, 6) is 0.498. The third kappa shape index (κ3) is 4.21. The fourth-order valence-corrected chi connectivity index (χ4v) is 3.19. The fourth-order valence-electron chi connectivity index (χ4n) is 2.57. The van der Waals surface area contributed by atoms with E-state index in [2.05, 4.69) is 15.6 Å². The van der Waals surface area contributed by atoms with Gasteiger partial charge in [0.25, 0.3) is 0 Å². The van der Waals surface area contributed by atoms with Gasteiger partial charge in [0.05, 0.1) is 23.5 Å². The van der Waals surface area contributed by atoms with Crippen LogP contribution in [0.5, 0.6) is 5.75 Å². The predicted molar refractivity (Wildman–Crippen MR) is 107 cm³/mol. The Hall–Kier alpha value is -2.86. The molecule has 2 aromatic carbocycles. The molecule has 134 valence electrons. The van der Waals surface area contributed by atoms with E-state index in [0.717, 1.165) is 22.0 Å². The average Bonchev–Trinajstić information content (AvgIpc) is 3.09. The van der Waals surface area contributed by atoms with Gasteiger partial charge in [-0.2, -0.15) is 0 Å². The highest BCUT2D eigenvalue weighted by atomic mass is 32.1. The van der Waals surface area contributed by atoms with Crippen molar-refractivity contribution < 1.29 is 9.53 Å². The van der Waals surface area contributed by atoms with Crippen LogP contribution >= 0.6 is 11.3 Å². The molecule has 1 heterocycles. The number of ether oxygens (including phenoxy) is 1. The molecule has 0 saturated heterocycles. The summed E-state index contributed by atoms with van der Waals surface area (Å²) in [5.41, 5.74) is 3.50. The molecule has 5 nitrogen and oxygen atoms in total. The highest BCUT2D eigenvalue weighted by Gasteiger charge is 2.15. The smallest absolute Gasteiger partial charge is 0.246 e. The molecular formula is C20H21N3O2S. The number of aryl methyl sites for hydroxylation is 1. The Kier molecular flexibility index (Phi) is 5.53. The van der Waals surface area contributed by atoms with Crippen LogP contribution in [0.4, 0.5) is 11.4 Å². The molecular weight excluding hydrogens is 346 g/mol. The van der Waals surface area contributed by atoms with Crippen molar-refractivity contribution in [3.63, 3.8) is 0 Å². The molecule has 0 saturated carbocycles. The maximum absolute atomic E-state index is 12.5. The molecule has 0 aliphatic heterocycles. The molecule has 0 aliphatic carbocycles. The molecule has 26 heavy (non-hydrogen) atoms. The summed E-state index contributed by atoms with van der Waals surface area (Å²) in [6, 6.07) is 14.8. The van der Waals surface area contributed by atoms with E-state index in [1.54, 1.807) is 18.4 Å². The number of nitrogens with one attached hydrogen (secondary N) is 2. The van der Waals surface area contributed by atoms with Gasteiger partial charge < -0.3 is 15.4 Å². The number of methoxy groups -OCH3 is 1.